The molecule has 0 saturated carbocycles. The van der Waals surface area contributed by atoms with Gasteiger partial charge in [-0.2, -0.15) is 9.47 Å². The van der Waals surface area contributed by atoms with Crippen LogP contribution in [-0.2, 0) is 0 Å². The predicted molar refractivity (Wildman–Crippen MR) is 132 cm³/mol. The number of carbonyl (C=O) groups is 1. The highest BCUT2D eigenvalue weighted by Gasteiger charge is 2.18. The van der Waals surface area contributed by atoms with Gasteiger partial charge in [0.2, 0.25) is 5.13 Å². The smallest absolute Gasteiger partial charge is 0.277 e. The number of amides is 1. The number of nitrogens with zero attached hydrogens (tertiary/aromatic N) is 6. The Morgan fingerprint density at radius 1 is 1.15 bits per heavy atom. The minimum Gasteiger partial charge on any atom is -0.492 e. The quantitative estimate of drug-likeness (QED) is 0.323. The van der Waals surface area contributed by atoms with Crippen LogP contribution in [0.5, 0.6) is 5.75 Å². The van der Waals surface area contributed by atoms with E-state index in [0.29, 0.717) is 32.6 Å². The largest absolute Gasteiger partial charge is 0.492 e. The number of hydrogen-bond acceptors (Lipinski definition) is 11. The molecule has 34 heavy (non-hydrogen) atoms. The third-order valence-electron chi connectivity index (χ3n) is 4.25. The summed E-state index contributed by atoms with van der Waals surface area (Å²) in [7, 11) is 4.01. The van der Waals surface area contributed by atoms with Crippen LogP contribution in [0.25, 0.3) is 0 Å². The predicted octanol–water partition coefficient (Wildman–Crippen LogP) is 3.85. The lowest BCUT2D eigenvalue weighted by Gasteiger charge is -2.12. The maximum Gasteiger partial charge on any atom is 0.277 e. The van der Waals surface area contributed by atoms with Gasteiger partial charge in [0.05, 0.1) is 0 Å². The molecule has 0 saturated heterocycles. The average molecular weight is 515 g/mol. The van der Waals surface area contributed by atoms with Gasteiger partial charge in [-0.25, -0.2) is 15.0 Å². The van der Waals surface area contributed by atoms with Crippen LogP contribution in [0.15, 0.2) is 62.7 Å². The van der Waals surface area contributed by atoms with Gasteiger partial charge in [0.1, 0.15) is 35.2 Å². The van der Waals surface area contributed by atoms with Gasteiger partial charge < -0.3 is 9.64 Å². The van der Waals surface area contributed by atoms with Gasteiger partial charge in [-0.15, -0.1) is 0 Å². The van der Waals surface area contributed by atoms with E-state index in [9.17, 15) is 4.79 Å². The Morgan fingerprint density at radius 3 is 2.65 bits per heavy atom. The Kier molecular flexibility index (Phi) is 8.11. The molecular formula is C21H22N8O2S3. The Bertz CT molecular complexity index is 1230. The Morgan fingerprint density at radius 2 is 1.97 bits per heavy atom. The molecule has 13 heteroatoms. The first-order valence-corrected chi connectivity index (χ1v) is 12.6. The normalized spacial score (nSPS) is 11.1. The summed E-state index contributed by atoms with van der Waals surface area (Å²) in [5, 5.41) is 11.0. The van der Waals surface area contributed by atoms with Crippen molar-refractivity contribution in [3.63, 3.8) is 0 Å². The second-order valence-electron chi connectivity index (χ2n) is 7.21. The van der Waals surface area contributed by atoms with Gasteiger partial charge in [-0.05, 0) is 69.2 Å². The number of aromatic amines is 1. The molecule has 4 rings (SSSR count). The minimum absolute atomic E-state index is 0.286. The van der Waals surface area contributed by atoms with Gasteiger partial charge in [0.15, 0.2) is 5.16 Å². The molecule has 0 unspecified atom stereocenters. The first-order valence-electron chi connectivity index (χ1n) is 10.2. The second kappa shape index (κ2) is 11.4. The van der Waals surface area contributed by atoms with Crippen molar-refractivity contribution in [3.8, 4) is 5.75 Å². The second-order valence-corrected chi connectivity index (χ2v) is 10.1. The number of pyridine rings is 1. The monoisotopic (exact) mass is 514 g/mol. The van der Waals surface area contributed by atoms with Crippen LogP contribution in [0.1, 0.15) is 16.3 Å². The number of nitrogens with one attached hydrogen (secondary N) is 2. The van der Waals surface area contributed by atoms with Crippen LogP contribution < -0.4 is 10.1 Å². The van der Waals surface area contributed by atoms with Crippen molar-refractivity contribution >= 4 is 46.1 Å². The summed E-state index contributed by atoms with van der Waals surface area (Å²) < 4.78 is 9.87. The summed E-state index contributed by atoms with van der Waals surface area (Å²) in [6.45, 7) is 3.23. The van der Waals surface area contributed by atoms with E-state index in [4.69, 9.17) is 4.74 Å². The van der Waals surface area contributed by atoms with Crippen molar-refractivity contribution in [3.05, 3.63) is 54.2 Å². The summed E-state index contributed by atoms with van der Waals surface area (Å²) in [4.78, 5) is 29.7. The van der Waals surface area contributed by atoms with Crippen LogP contribution in [0, 0.1) is 6.92 Å². The molecule has 1 aromatic carbocycles. The summed E-state index contributed by atoms with van der Waals surface area (Å²) in [6, 6.07) is 11.5. The fraction of sp³-hybridized carbons (Fsp3) is 0.238. The van der Waals surface area contributed by atoms with Crippen molar-refractivity contribution in [2.75, 3.05) is 32.6 Å². The number of rotatable bonds is 10. The SMILES string of the molecule is Cc1nsc(NC(=O)c2nc(Sc3ncn[nH]3)ccc2Sc2ccc(OCCN(C)C)cc2)n1. The van der Waals surface area contributed by atoms with Crippen LogP contribution >= 0.6 is 35.1 Å². The van der Waals surface area contributed by atoms with E-state index in [1.807, 2.05) is 50.5 Å². The minimum atomic E-state index is -0.359. The molecule has 10 nitrogen and oxygen atoms in total. The summed E-state index contributed by atoms with van der Waals surface area (Å²) in [6.07, 6.45) is 1.42. The number of ether oxygens (including phenoxy) is 1. The molecule has 3 heterocycles. The van der Waals surface area contributed by atoms with Gasteiger partial charge in [0, 0.05) is 27.9 Å². The number of hydrogen-bond donors (Lipinski definition) is 2. The molecule has 0 aliphatic carbocycles. The van der Waals surface area contributed by atoms with E-state index in [1.165, 1.54) is 29.9 Å². The fourth-order valence-corrected chi connectivity index (χ4v) is 4.79. The lowest BCUT2D eigenvalue weighted by Crippen LogP contribution is -2.19. The maximum atomic E-state index is 13.1. The molecule has 0 radical (unpaired) electrons. The lowest BCUT2D eigenvalue weighted by atomic mass is 10.3. The summed E-state index contributed by atoms with van der Waals surface area (Å²) in [5.41, 5.74) is 0.286. The molecule has 3 aromatic heterocycles. The molecule has 0 fully saturated rings. The van der Waals surface area contributed by atoms with Crippen molar-refractivity contribution in [1.29, 1.82) is 0 Å². The number of benzene rings is 1. The van der Waals surface area contributed by atoms with Crippen molar-refractivity contribution in [1.82, 2.24) is 34.4 Å². The standard InChI is InChI=1S/C21H22N8O2S3/c1-13-24-21(34-28-13)26-19(30)18-16(8-9-17(25-18)33-20-22-12-23-27-20)32-15-6-4-14(5-7-15)31-11-10-29(2)3/h4-9,12H,10-11H2,1-3H3,(H,22,23,27)(H,24,26,28,30). The third-order valence-corrected chi connectivity index (χ3v) is 6.85. The zero-order valence-corrected chi connectivity index (χ0v) is 21.1. The third kappa shape index (κ3) is 6.76. The van der Waals surface area contributed by atoms with E-state index in [-0.39, 0.29) is 11.6 Å². The number of aryl methyl sites for hydroxylation is 1. The molecule has 4 aromatic rings. The van der Waals surface area contributed by atoms with Crippen molar-refractivity contribution in [2.45, 2.75) is 26.9 Å². The van der Waals surface area contributed by atoms with Gasteiger partial charge in [0.25, 0.3) is 5.91 Å². The van der Waals surface area contributed by atoms with E-state index in [1.54, 1.807) is 6.92 Å². The zero-order valence-electron chi connectivity index (χ0n) is 18.7. The number of aromatic nitrogens is 6. The van der Waals surface area contributed by atoms with Gasteiger partial charge in [-0.1, -0.05) is 11.8 Å². The average Bonchev–Trinajstić information content (AvgIpc) is 3.47. The molecule has 0 spiro atoms. The highest BCUT2D eigenvalue weighted by atomic mass is 32.2. The lowest BCUT2D eigenvalue weighted by molar-refractivity contribution is 0.101. The molecule has 1 amide bonds. The highest BCUT2D eigenvalue weighted by Crippen LogP contribution is 2.33. The van der Waals surface area contributed by atoms with Crippen LogP contribution in [0.3, 0.4) is 0 Å². The number of anilines is 1. The number of H-pyrrole nitrogens is 1. The van der Waals surface area contributed by atoms with Crippen LogP contribution in [0.4, 0.5) is 5.13 Å². The first-order chi connectivity index (χ1) is 16.5. The Hall–Kier alpha value is -3.00. The van der Waals surface area contributed by atoms with E-state index in [0.717, 1.165) is 28.7 Å². The molecule has 2 N–H and O–H groups in total. The first kappa shape index (κ1) is 24.1. The molecular weight excluding hydrogens is 492 g/mol. The van der Waals surface area contributed by atoms with E-state index < -0.39 is 0 Å². The van der Waals surface area contributed by atoms with Crippen LogP contribution in [-0.4, -0.2) is 67.6 Å². The van der Waals surface area contributed by atoms with E-state index in [2.05, 4.69) is 39.7 Å². The topological polar surface area (TPSA) is 122 Å². The van der Waals surface area contributed by atoms with Crippen LogP contribution in [0.2, 0.25) is 0 Å². The molecule has 0 bridgehead atoms. The number of carbonyl (C=O) groups excluding carboxylic acids is 1. The van der Waals surface area contributed by atoms with E-state index >= 15 is 0 Å². The molecule has 176 valence electrons. The van der Waals surface area contributed by atoms with Gasteiger partial charge in [-0.3, -0.25) is 15.2 Å². The Balaban J connectivity index is 1.53. The zero-order chi connectivity index (χ0) is 23.9. The number of likely N-dealkylation sites (N-methyl/N-ethyl adjacent to an activating group) is 1. The summed E-state index contributed by atoms with van der Waals surface area (Å²) in [5.74, 6) is 1.04. The molecule has 0 aliphatic heterocycles. The molecule has 0 atom stereocenters. The molecule has 0 aliphatic rings. The summed E-state index contributed by atoms with van der Waals surface area (Å²) >= 11 is 3.86. The van der Waals surface area contributed by atoms with Crippen molar-refractivity contribution < 1.29 is 9.53 Å². The van der Waals surface area contributed by atoms with Gasteiger partial charge >= 0.3 is 0 Å². The maximum absolute atomic E-state index is 13.1. The Labute approximate surface area is 209 Å². The van der Waals surface area contributed by atoms with Crippen molar-refractivity contribution in [2.24, 2.45) is 0 Å². The highest BCUT2D eigenvalue weighted by molar-refractivity contribution is 7.99. The fourth-order valence-electron chi connectivity index (χ4n) is 2.65.